The molecule has 1 aromatic rings. The quantitative estimate of drug-likeness (QED) is 0.712. The lowest BCUT2D eigenvalue weighted by Crippen LogP contribution is -2.64. The SMILES string of the molecule is CCC(=O)N1CC(N2CCN(C(=O)CNc3cc(C4CC4)c(C)cc3O)CC2)C1. The maximum atomic E-state index is 12.6. The van der Waals surface area contributed by atoms with E-state index < -0.39 is 0 Å². The third-order valence-electron chi connectivity index (χ3n) is 6.53. The third kappa shape index (κ3) is 4.34. The lowest BCUT2D eigenvalue weighted by Gasteiger charge is -2.48. The molecule has 1 aliphatic carbocycles. The highest BCUT2D eigenvalue weighted by Crippen LogP contribution is 2.44. The average molecular weight is 401 g/mol. The van der Waals surface area contributed by atoms with Gasteiger partial charge in [0.1, 0.15) is 5.75 Å². The number of carbonyl (C=O) groups excluding carboxylic acids is 2. The second kappa shape index (κ2) is 8.22. The summed E-state index contributed by atoms with van der Waals surface area (Å²) in [6.45, 7) is 8.90. The van der Waals surface area contributed by atoms with Gasteiger partial charge < -0.3 is 20.2 Å². The van der Waals surface area contributed by atoms with Crippen LogP contribution in [0.2, 0.25) is 0 Å². The van der Waals surface area contributed by atoms with Crippen LogP contribution < -0.4 is 5.32 Å². The van der Waals surface area contributed by atoms with Gasteiger partial charge in [0.2, 0.25) is 11.8 Å². The summed E-state index contributed by atoms with van der Waals surface area (Å²) in [4.78, 5) is 30.5. The third-order valence-corrected chi connectivity index (χ3v) is 6.53. The van der Waals surface area contributed by atoms with Gasteiger partial charge in [-0.05, 0) is 48.9 Å². The Labute approximate surface area is 172 Å². The van der Waals surface area contributed by atoms with Crippen molar-refractivity contribution in [3.63, 3.8) is 0 Å². The number of nitrogens with zero attached hydrogens (tertiary/aromatic N) is 3. The minimum Gasteiger partial charge on any atom is -0.506 e. The van der Waals surface area contributed by atoms with E-state index in [0.29, 0.717) is 37.2 Å². The monoisotopic (exact) mass is 400 g/mol. The van der Waals surface area contributed by atoms with Crippen molar-refractivity contribution in [1.82, 2.24) is 14.7 Å². The largest absolute Gasteiger partial charge is 0.506 e. The van der Waals surface area contributed by atoms with Gasteiger partial charge >= 0.3 is 0 Å². The zero-order chi connectivity index (χ0) is 20.5. The molecule has 2 N–H and O–H groups in total. The number of nitrogens with one attached hydrogen (secondary N) is 1. The minimum atomic E-state index is 0.0639. The molecule has 7 heteroatoms. The lowest BCUT2D eigenvalue weighted by atomic mass is 10.0. The van der Waals surface area contributed by atoms with Crippen LogP contribution in [0.15, 0.2) is 12.1 Å². The zero-order valence-corrected chi connectivity index (χ0v) is 17.5. The first-order valence-corrected chi connectivity index (χ1v) is 10.8. The molecule has 1 saturated carbocycles. The molecule has 0 aromatic heterocycles. The summed E-state index contributed by atoms with van der Waals surface area (Å²) in [5, 5.41) is 13.4. The van der Waals surface area contributed by atoms with Crippen LogP contribution in [0.5, 0.6) is 5.75 Å². The molecule has 0 unspecified atom stereocenters. The lowest BCUT2D eigenvalue weighted by molar-refractivity contribution is -0.139. The summed E-state index contributed by atoms with van der Waals surface area (Å²) in [6.07, 6.45) is 2.99. The first kappa shape index (κ1) is 20.0. The number of rotatable bonds is 6. The summed E-state index contributed by atoms with van der Waals surface area (Å²) in [6, 6.07) is 4.24. The maximum Gasteiger partial charge on any atom is 0.241 e. The van der Waals surface area contributed by atoms with E-state index in [9.17, 15) is 14.7 Å². The summed E-state index contributed by atoms with van der Waals surface area (Å²) in [5.41, 5.74) is 3.05. The number of anilines is 1. The second-order valence-corrected chi connectivity index (χ2v) is 8.58. The molecule has 7 nitrogen and oxygen atoms in total. The van der Waals surface area contributed by atoms with Gasteiger partial charge in [0.25, 0.3) is 0 Å². The average Bonchev–Trinajstić information content (AvgIpc) is 3.51. The molecule has 2 saturated heterocycles. The Morgan fingerprint density at radius 2 is 1.76 bits per heavy atom. The zero-order valence-electron chi connectivity index (χ0n) is 17.5. The predicted molar refractivity (Wildman–Crippen MR) is 112 cm³/mol. The van der Waals surface area contributed by atoms with Crippen LogP contribution in [0.3, 0.4) is 0 Å². The molecule has 158 valence electrons. The first-order chi connectivity index (χ1) is 14.0. The van der Waals surface area contributed by atoms with Crippen LogP contribution in [0.25, 0.3) is 0 Å². The number of hydrogen-bond donors (Lipinski definition) is 2. The topological polar surface area (TPSA) is 76.1 Å². The van der Waals surface area contributed by atoms with Crippen LogP contribution in [0.4, 0.5) is 5.69 Å². The number of aryl methyl sites for hydroxylation is 1. The van der Waals surface area contributed by atoms with Crippen molar-refractivity contribution in [2.45, 2.75) is 45.1 Å². The molecular weight excluding hydrogens is 368 g/mol. The number of carbonyl (C=O) groups is 2. The molecule has 4 rings (SSSR count). The van der Waals surface area contributed by atoms with Gasteiger partial charge in [-0.2, -0.15) is 0 Å². The highest BCUT2D eigenvalue weighted by atomic mass is 16.3. The molecule has 2 heterocycles. The fraction of sp³-hybridized carbons (Fsp3) is 0.636. The van der Waals surface area contributed by atoms with Crippen molar-refractivity contribution in [2.24, 2.45) is 0 Å². The van der Waals surface area contributed by atoms with Gasteiger partial charge in [-0.25, -0.2) is 0 Å². The van der Waals surface area contributed by atoms with Crippen molar-refractivity contribution in [3.05, 3.63) is 23.3 Å². The van der Waals surface area contributed by atoms with E-state index in [1.54, 1.807) is 6.07 Å². The van der Waals surface area contributed by atoms with Gasteiger partial charge in [0.05, 0.1) is 12.2 Å². The first-order valence-electron chi connectivity index (χ1n) is 10.8. The Morgan fingerprint density at radius 3 is 2.38 bits per heavy atom. The van der Waals surface area contributed by atoms with Crippen molar-refractivity contribution in [1.29, 1.82) is 0 Å². The van der Waals surface area contributed by atoms with Crippen molar-refractivity contribution in [2.75, 3.05) is 51.1 Å². The fourth-order valence-electron chi connectivity index (χ4n) is 4.42. The van der Waals surface area contributed by atoms with Crippen LogP contribution in [-0.2, 0) is 9.59 Å². The molecule has 1 aromatic carbocycles. The predicted octanol–water partition coefficient (Wildman–Crippen LogP) is 1.75. The molecule has 0 bridgehead atoms. The van der Waals surface area contributed by atoms with Gasteiger partial charge in [0, 0.05) is 51.7 Å². The van der Waals surface area contributed by atoms with Gasteiger partial charge in [-0.3, -0.25) is 14.5 Å². The van der Waals surface area contributed by atoms with Gasteiger partial charge in [-0.1, -0.05) is 6.92 Å². The molecule has 0 atom stereocenters. The Hall–Kier alpha value is -2.28. The number of phenolic OH excluding ortho intramolecular Hbond substituents is 1. The summed E-state index contributed by atoms with van der Waals surface area (Å²) < 4.78 is 0. The van der Waals surface area contributed by atoms with Gasteiger partial charge in [-0.15, -0.1) is 0 Å². The number of hydrogen-bond acceptors (Lipinski definition) is 5. The van der Waals surface area contributed by atoms with Crippen molar-refractivity contribution >= 4 is 17.5 Å². The summed E-state index contributed by atoms with van der Waals surface area (Å²) in [7, 11) is 0. The Bertz CT molecular complexity index is 779. The Balaban J connectivity index is 1.24. The summed E-state index contributed by atoms with van der Waals surface area (Å²) in [5.74, 6) is 1.11. The van der Waals surface area contributed by atoms with Gasteiger partial charge in [0.15, 0.2) is 0 Å². The number of aromatic hydroxyl groups is 1. The molecule has 2 amide bonds. The van der Waals surface area contributed by atoms with E-state index in [1.807, 2.05) is 29.7 Å². The summed E-state index contributed by atoms with van der Waals surface area (Å²) >= 11 is 0. The van der Waals surface area contributed by atoms with E-state index in [1.165, 1.54) is 18.4 Å². The van der Waals surface area contributed by atoms with E-state index in [-0.39, 0.29) is 24.1 Å². The van der Waals surface area contributed by atoms with Crippen LogP contribution >= 0.6 is 0 Å². The molecule has 3 fully saturated rings. The number of phenols is 1. The van der Waals surface area contributed by atoms with E-state index >= 15 is 0 Å². The fourth-order valence-corrected chi connectivity index (χ4v) is 4.42. The molecule has 3 aliphatic rings. The van der Waals surface area contributed by atoms with Crippen LogP contribution in [-0.4, -0.2) is 83.5 Å². The Kier molecular flexibility index (Phi) is 5.67. The molecule has 2 aliphatic heterocycles. The highest BCUT2D eigenvalue weighted by molar-refractivity contribution is 5.81. The van der Waals surface area contributed by atoms with Crippen LogP contribution in [0, 0.1) is 6.92 Å². The normalized spacial score (nSPS) is 20.5. The molecule has 0 spiro atoms. The number of likely N-dealkylation sites (tertiary alicyclic amines) is 1. The standard InChI is InChI=1S/C22H32N4O3/c1-3-21(28)26-13-17(14-26)24-6-8-25(9-7-24)22(29)12-23-19-11-18(16-4-5-16)15(2)10-20(19)27/h10-11,16-17,23,27H,3-9,12-14H2,1-2H3. The molecule has 0 radical (unpaired) electrons. The molecular formula is C22H32N4O3. The highest BCUT2D eigenvalue weighted by Gasteiger charge is 2.35. The number of amides is 2. The van der Waals surface area contributed by atoms with Crippen LogP contribution in [0.1, 0.15) is 43.2 Å². The van der Waals surface area contributed by atoms with E-state index in [0.717, 1.165) is 31.7 Å². The number of benzene rings is 1. The van der Waals surface area contributed by atoms with E-state index in [4.69, 9.17) is 0 Å². The molecule has 29 heavy (non-hydrogen) atoms. The smallest absolute Gasteiger partial charge is 0.241 e. The van der Waals surface area contributed by atoms with Crippen molar-refractivity contribution < 1.29 is 14.7 Å². The minimum absolute atomic E-state index is 0.0639. The number of piperazine rings is 1. The second-order valence-electron chi connectivity index (χ2n) is 8.58. The Morgan fingerprint density at radius 1 is 1.07 bits per heavy atom. The maximum absolute atomic E-state index is 12.6. The van der Waals surface area contributed by atoms with Crippen molar-refractivity contribution in [3.8, 4) is 5.75 Å². The van der Waals surface area contributed by atoms with E-state index in [2.05, 4.69) is 10.2 Å².